The van der Waals surface area contributed by atoms with Gasteiger partial charge in [0.1, 0.15) is 5.60 Å². The monoisotopic (exact) mass is 421 g/mol. The normalized spacial score (nSPS) is 12.6. The molecule has 0 unspecified atom stereocenters. The second-order valence-corrected chi connectivity index (χ2v) is 10.1. The number of aliphatic hydroxyl groups is 1. The summed E-state index contributed by atoms with van der Waals surface area (Å²) in [6, 6.07) is 7.19. The van der Waals surface area contributed by atoms with E-state index in [0.29, 0.717) is 5.69 Å². The van der Waals surface area contributed by atoms with Gasteiger partial charge < -0.3 is 5.11 Å². The number of aromatic nitrogens is 2. The molecule has 7 nitrogen and oxygen atoms in total. The fourth-order valence-electron chi connectivity index (χ4n) is 3.45. The number of sulfonamides is 1. The first-order valence-corrected chi connectivity index (χ1v) is 11.2. The average Bonchev–Trinajstić information content (AvgIpc) is 2.97. The molecule has 2 N–H and O–H groups in total. The van der Waals surface area contributed by atoms with E-state index < -0.39 is 21.5 Å². The summed E-state index contributed by atoms with van der Waals surface area (Å²) in [7, 11) is -2.61. The van der Waals surface area contributed by atoms with E-state index in [2.05, 4.69) is 9.82 Å². The third-order valence-corrected chi connectivity index (χ3v) is 6.08. The van der Waals surface area contributed by atoms with Crippen molar-refractivity contribution in [3.8, 4) is 0 Å². The minimum Gasteiger partial charge on any atom is -0.384 e. The summed E-state index contributed by atoms with van der Waals surface area (Å²) in [6.45, 7) is 11.3. The Hall–Kier alpha value is -2.19. The van der Waals surface area contributed by atoms with Gasteiger partial charge in [-0.2, -0.15) is 13.5 Å². The summed E-state index contributed by atoms with van der Waals surface area (Å²) in [5.74, 6) is -0.202. The van der Waals surface area contributed by atoms with Gasteiger partial charge in [-0.3, -0.25) is 9.48 Å². The summed E-state index contributed by atoms with van der Waals surface area (Å²) in [5.41, 5.74) is 2.00. The number of hydrogen-bond donors (Lipinski definition) is 2. The molecule has 0 aliphatic rings. The van der Waals surface area contributed by atoms with Crippen molar-refractivity contribution >= 4 is 15.9 Å². The Balaban J connectivity index is 2.32. The number of carbonyl (C=O) groups excluding carboxylic acids is 1. The maximum absolute atomic E-state index is 12.7. The van der Waals surface area contributed by atoms with Gasteiger partial charge in [-0.05, 0) is 42.4 Å². The van der Waals surface area contributed by atoms with Gasteiger partial charge in [0, 0.05) is 13.1 Å². The molecule has 0 radical (unpaired) electrons. The van der Waals surface area contributed by atoms with Crippen molar-refractivity contribution in [3.63, 3.8) is 0 Å². The fraction of sp³-hybridized carbons (Fsp3) is 0.524. The van der Waals surface area contributed by atoms with E-state index in [4.69, 9.17) is 0 Å². The molecule has 1 heterocycles. The zero-order valence-corrected chi connectivity index (χ0v) is 19.0. The predicted octanol–water partition coefficient (Wildman–Crippen LogP) is 2.94. The van der Waals surface area contributed by atoms with Crippen molar-refractivity contribution in [1.29, 1.82) is 0 Å². The Morgan fingerprint density at radius 1 is 1.17 bits per heavy atom. The number of aryl methyl sites for hydroxylation is 1. The van der Waals surface area contributed by atoms with Crippen molar-refractivity contribution in [2.45, 2.75) is 70.4 Å². The topological polar surface area (TPSA) is 101 Å². The zero-order chi connectivity index (χ0) is 22.1. The van der Waals surface area contributed by atoms with Crippen molar-refractivity contribution in [1.82, 2.24) is 14.5 Å². The van der Waals surface area contributed by atoms with Crippen molar-refractivity contribution in [2.24, 2.45) is 7.05 Å². The van der Waals surface area contributed by atoms with E-state index in [-0.39, 0.29) is 23.3 Å². The van der Waals surface area contributed by atoms with Gasteiger partial charge in [0.15, 0.2) is 5.03 Å². The molecule has 29 heavy (non-hydrogen) atoms. The summed E-state index contributed by atoms with van der Waals surface area (Å²) in [4.78, 5) is 12.7. The van der Waals surface area contributed by atoms with Crippen LogP contribution in [0, 0.1) is 0 Å². The molecular formula is C21H31N3O4S. The molecule has 0 atom stereocenters. The van der Waals surface area contributed by atoms with Crippen LogP contribution in [0.2, 0.25) is 0 Å². The van der Waals surface area contributed by atoms with Crippen molar-refractivity contribution in [2.75, 3.05) is 0 Å². The van der Waals surface area contributed by atoms with Crippen LogP contribution in [0.5, 0.6) is 0 Å². The van der Waals surface area contributed by atoms with Crippen LogP contribution in [0.15, 0.2) is 29.3 Å². The zero-order valence-electron chi connectivity index (χ0n) is 18.1. The molecule has 160 valence electrons. The molecule has 0 fully saturated rings. The molecule has 8 heteroatoms. The number of nitrogens with one attached hydrogen (secondary N) is 1. The van der Waals surface area contributed by atoms with Crippen molar-refractivity contribution in [3.05, 3.63) is 46.6 Å². The first-order valence-electron chi connectivity index (χ1n) is 9.68. The number of benzene rings is 1. The summed E-state index contributed by atoms with van der Waals surface area (Å²) in [5, 5.41) is 13.8. The smallest absolute Gasteiger partial charge is 0.283 e. The highest BCUT2D eigenvalue weighted by Crippen LogP contribution is 2.28. The van der Waals surface area contributed by atoms with Crippen LogP contribution >= 0.6 is 0 Å². The van der Waals surface area contributed by atoms with E-state index in [1.807, 2.05) is 45.9 Å². The number of nitrogens with zero attached hydrogens (tertiary/aromatic N) is 2. The Kier molecular flexibility index (Phi) is 6.59. The number of rotatable bonds is 7. The number of carbonyl (C=O) groups is 1. The Labute approximate surface area is 173 Å². The van der Waals surface area contributed by atoms with Gasteiger partial charge in [-0.15, -0.1) is 0 Å². The van der Waals surface area contributed by atoms with Gasteiger partial charge in [0.2, 0.25) is 5.91 Å². The minimum absolute atomic E-state index is 0.0354. The predicted molar refractivity (Wildman–Crippen MR) is 112 cm³/mol. The Morgan fingerprint density at radius 2 is 1.69 bits per heavy atom. The molecule has 0 saturated heterocycles. The van der Waals surface area contributed by atoms with Gasteiger partial charge >= 0.3 is 0 Å². The van der Waals surface area contributed by atoms with Crippen LogP contribution in [-0.2, 0) is 33.9 Å². The standard InChI is InChI=1S/C21H31N3O4S/c1-13(2)15-9-8-10-16(14(3)4)17(15)11-19(25)23-29(27,28)20-12-18(21(5,6)26)24(7)22-20/h8-10,12-14,26H,11H2,1-7H3,(H,23,25). The lowest BCUT2D eigenvalue weighted by molar-refractivity contribution is -0.118. The van der Waals surface area contributed by atoms with Gasteiger partial charge in [0.25, 0.3) is 10.0 Å². The highest BCUT2D eigenvalue weighted by molar-refractivity contribution is 7.90. The summed E-state index contributed by atoms with van der Waals surface area (Å²) >= 11 is 0. The first kappa shape index (κ1) is 23.1. The van der Waals surface area contributed by atoms with E-state index >= 15 is 0 Å². The number of hydrogen-bond acceptors (Lipinski definition) is 5. The molecule has 1 aromatic heterocycles. The molecule has 1 aromatic carbocycles. The molecule has 0 aliphatic heterocycles. The highest BCUT2D eigenvalue weighted by Gasteiger charge is 2.28. The Morgan fingerprint density at radius 3 is 2.10 bits per heavy atom. The molecular weight excluding hydrogens is 390 g/mol. The van der Waals surface area contributed by atoms with Crippen LogP contribution in [0.3, 0.4) is 0 Å². The highest BCUT2D eigenvalue weighted by atomic mass is 32.2. The lowest BCUT2D eigenvalue weighted by atomic mass is 9.87. The maximum atomic E-state index is 12.7. The van der Waals surface area contributed by atoms with Crippen LogP contribution in [0.4, 0.5) is 0 Å². The largest absolute Gasteiger partial charge is 0.384 e. The molecule has 0 bridgehead atoms. The second kappa shape index (κ2) is 8.28. The van der Waals surface area contributed by atoms with E-state index in [1.165, 1.54) is 24.6 Å². The van der Waals surface area contributed by atoms with Gasteiger partial charge in [-0.25, -0.2) is 4.72 Å². The van der Waals surface area contributed by atoms with Crippen LogP contribution < -0.4 is 4.72 Å². The third kappa shape index (κ3) is 5.25. The van der Waals surface area contributed by atoms with Gasteiger partial charge in [-0.1, -0.05) is 45.9 Å². The van der Waals surface area contributed by atoms with Crippen LogP contribution in [-0.4, -0.2) is 29.2 Å². The average molecular weight is 422 g/mol. The van der Waals surface area contributed by atoms with E-state index in [9.17, 15) is 18.3 Å². The molecule has 0 aliphatic carbocycles. The van der Waals surface area contributed by atoms with E-state index in [1.54, 1.807) is 7.05 Å². The lowest BCUT2D eigenvalue weighted by Gasteiger charge is -2.19. The molecule has 0 spiro atoms. The molecule has 1 amide bonds. The SMILES string of the molecule is CC(C)c1cccc(C(C)C)c1CC(=O)NS(=O)(=O)c1cc(C(C)(C)O)n(C)n1. The maximum Gasteiger partial charge on any atom is 0.283 e. The fourth-order valence-corrected chi connectivity index (χ4v) is 4.43. The minimum atomic E-state index is -4.15. The van der Waals surface area contributed by atoms with Crippen LogP contribution in [0.1, 0.15) is 75.8 Å². The number of amides is 1. The first-order chi connectivity index (χ1) is 13.2. The van der Waals surface area contributed by atoms with Gasteiger partial charge in [0.05, 0.1) is 12.1 Å². The molecule has 2 aromatic rings. The van der Waals surface area contributed by atoms with Crippen molar-refractivity contribution < 1.29 is 18.3 Å². The molecule has 2 rings (SSSR count). The van der Waals surface area contributed by atoms with E-state index in [0.717, 1.165) is 16.7 Å². The Bertz CT molecular complexity index is 973. The quantitative estimate of drug-likeness (QED) is 0.716. The lowest BCUT2D eigenvalue weighted by Crippen LogP contribution is -2.32. The van der Waals surface area contributed by atoms with Crippen LogP contribution in [0.25, 0.3) is 0 Å². The molecule has 0 saturated carbocycles. The summed E-state index contributed by atoms with van der Waals surface area (Å²) in [6.07, 6.45) is -0.0354. The summed E-state index contributed by atoms with van der Waals surface area (Å²) < 4.78 is 28.8. The second-order valence-electron chi connectivity index (χ2n) is 8.48. The third-order valence-electron chi connectivity index (χ3n) is 4.84.